The SMILES string of the molecule is CC(C)Oc1ccc(-c2cnc3ccc(-c4ccc5[nH]ccc5c4)cn23)cc1. The summed E-state index contributed by atoms with van der Waals surface area (Å²) in [5.74, 6) is 0.882. The highest BCUT2D eigenvalue weighted by atomic mass is 16.5. The van der Waals surface area contributed by atoms with Gasteiger partial charge in [0.15, 0.2) is 0 Å². The summed E-state index contributed by atoms with van der Waals surface area (Å²) in [6.45, 7) is 4.06. The van der Waals surface area contributed by atoms with Crippen LogP contribution in [0.3, 0.4) is 0 Å². The molecule has 0 fully saturated rings. The Morgan fingerprint density at radius 2 is 1.68 bits per heavy atom. The lowest BCUT2D eigenvalue weighted by molar-refractivity contribution is 0.242. The van der Waals surface area contributed by atoms with Crippen LogP contribution >= 0.6 is 0 Å². The van der Waals surface area contributed by atoms with Crippen LogP contribution in [0.15, 0.2) is 79.3 Å². The maximum atomic E-state index is 5.75. The van der Waals surface area contributed by atoms with Gasteiger partial charge in [-0.25, -0.2) is 4.98 Å². The van der Waals surface area contributed by atoms with Gasteiger partial charge in [0.1, 0.15) is 11.4 Å². The van der Waals surface area contributed by atoms with Gasteiger partial charge < -0.3 is 9.72 Å². The van der Waals surface area contributed by atoms with Gasteiger partial charge in [-0.3, -0.25) is 4.40 Å². The maximum Gasteiger partial charge on any atom is 0.137 e. The monoisotopic (exact) mass is 367 g/mol. The van der Waals surface area contributed by atoms with Crippen LogP contribution in [0.4, 0.5) is 0 Å². The molecule has 4 nitrogen and oxygen atoms in total. The Morgan fingerprint density at radius 3 is 2.50 bits per heavy atom. The minimum absolute atomic E-state index is 0.168. The van der Waals surface area contributed by atoms with Crippen molar-refractivity contribution in [3.8, 4) is 28.1 Å². The summed E-state index contributed by atoms with van der Waals surface area (Å²) in [6.07, 6.45) is 6.22. The summed E-state index contributed by atoms with van der Waals surface area (Å²) >= 11 is 0. The first-order valence-electron chi connectivity index (χ1n) is 9.49. The Bertz CT molecular complexity index is 1260. The summed E-state index contributed by atoms with van der Waals surface area (Å²) in [5.41, 5.74) is 6.61. The van der Waals surface area contributed by atoms with Crippen molar-refractivity contribution >= 4 is 16.6 Å². The molecule has 138 valence electrons. The lowest BCUT2D eigenvalue weighted by Crippen LogP contribution is -2.05. The summed E-state index contributed by atoms with van der Waals surface area (Å²) in [7, 11) is 0. The molecule has 0 saturated heterocycles. The molecule has 5 aromatic rings. The lowest BCUT2D eigenvalue weighted by atomic mass is 10.1. The Labute approximate surface area is 163 Å². The molecule has 1 N–H and O–H groups in total. The molecular weight excluding hydrogens is 346 g/mol. The number of nitrogens with one attached hydrogen (secondary N) is 1. The molecule has 0 aliphatic heterocycles. The van der Waals surface area contributed by atoms with E-state index in [0.717, 1.165) is 33.7 Å². The first-order chi connectivity index (χ1) is 13.7. The average Bonchev–Trinajstić information content (AvgIpc) is 3.34. The molecule has 0 saturated carbocycles. The minimum atomic E-state index is 0.168. The largest absolute Gasteiger partial charge is 0.491 e. The fraction of sp³-hybridized carbons (Fsp3) is 0.125. The number of ether oxygens (including phenoxy) is 1. The van der Waals surface area contributed by atoms with Crippen LogP contribution in [0.2, 0.25) is 0 Å². The van der Waals surface area contributed by atoms with E-state index in [-0.39, 0.29) is 6.10 Å². The van der Waals surface area contributed by atoms with Crippen molar-refractivity contribution in [2.45, 2.75) is 20.0 Å². The number of aromatic amines is 1. The molecule has 0 radical (unpaired) electrons. The van der Waals surface area contributed by atoms with E-state index >= 15 is 0 Å². The molecule has 28 heavy (non-hydrogen) atoms. The quantitative estimate of drug-likeness (QED) is 0.427. The van der Waals surface area contributed by atoms with Crippen LogP contribution < -0.4 is 4.74 Å². The number of H-pyrrole nitrogens is 1. The minimum Gasteiger partial charge on any atom is -0.491 e. The summed E-state index contributed by atoms with van der Waals surface area (Å²) in [5, 5.41) is 1.21. The zero-order chi connectivity index (χ0) is 19.1. The zero-order valence-corrected chi connectivity index (χ0v) is 15.9. The number of nitrogens with zero attached hydrogens (tertiary/aromatic N) is 2. The van der Waals surface area contributed by atoms with Gasteiger partial charge in [-0.2, -0.15) is 0 Å². The fourth-order valence-corrected chi connectivity index (χ4v) is 3.57. The number of pyridine rings is 1. The van der Waals surface area contributed by atoms with E-state index in [1.807, 2.05) is 38.4 Å². The van der Waals surface area contributed by atoms with Crippen molar-refractivity contribution in [1.82, 2.24) is 14.4 Å². The second kappa shape index (κ2) is 6.57. The van der Waals surface area contributed by atoms with Crippen molar-refractivity contribution in [1.29, 1.82) is 0 Å². The molecule has 0 aliphatic carbocycles. The molecule has 0 atom stereocenters. The van der Waals surface area contributed by atoms with Gasteiger partial charge in [0.2, 0.25) is 0 Å². The van der Waals surface area contributed by atoms with Crippen LogP contribution in [0.5, 0.6) is 5.75 Å². The highest BCUT2D eigenvalue weighted by molar-refractivity contribution is 5.85. The number of aromatic nitrogens is 3. The van der Waals surface area contributed by atoms with E-state index in [4.69, 9.17) is 4.74 Å². The highest BCUT2D eigenvalue weighted by Crippen LogP contribution is 2.28. The second-order valence-electron chi connectivity index (χ2n) is 7.26. The molecule has 0 unspecified atom stereocenters. The number of hydrogen-bond donors (Lipinski definition) is 1. The van der Waals surface area contributed by atoms with Crippen LogP contribution in [-0.2, 0) is 0 Å². The first kappa shape index (κ1) is 16.6. The van der Waals surface area contributed by atoms with Crippen LogP contribution in [-0.4, -0.2) is 20.5 Å². The van der Waals surface area contributed by atoms with Gasteiger partial charge in [0.05, 0.1) is 18.0 Å². The topological polar surface area (TPSA) is 42.3 Å². The molecule has 5 rings (SSSR count). The molecular formula is C24H21N3O. The number of rotatable bonds is 4. The van der Waals surface area contributed by atoms with E-state index in [9.17, 15) is 0 Å². The molecule has 0 spiro atoms. The predicted molar refractivity (Wildman–Crippen MR) is 114 cm³/mol. The normalized spacial score (nSPS) is 11.5. The number of hydrogen-bond acceptors (Lipinski definition) is 2. The first-order valence-corrected chi connectivity index (χ1v) is 9.49. The van der Waals surface area contributed by atoms with Gasteiger partial charge >= 0.3 is 0 Å². The Kier molecular flexibility index (Phi) is 3.90. The fourth-order valence-electron chi connectivity index (χ4n) is 3.57. The Hall–Kier alpha value is -3.53. The van der Waals surface area contributed by atoms with Gasteiger partial charge in [-0.1, -0.05) is 6.07 Å². The van der Waals surface area contributed by atoms with E-state index in [1.54, 1.807) is 0 Å². The van der Waals surface area contributed by atoms with Crippen molar-refractivity contribution in [2.75, 3.05) is 0 Å². The van der Waals surface area contributed by atoms with Gasteiger partial charge in [0.25, 0.3) is 0 Å². The molecule has 0 amide bonds. The van der Waals surface area contributed by atoms with Gasteiger partial charge in [0, 0.05) is 23.5 Å². The average molecular weight is 367 g/mol. The summed E-state index contributed by atoms with van der Waals surface area (Å²) < 4.78 is 7.90. The lowest BCUT2D eigenvalue weighted by Gasteiger charge is -2.10. The van der Waals surface area contributed by atoms with Crippen molar-refractivity contribution < 1.29 is 4.74 Å². The molecule has 2 aromatic carbocycles. The third-order valence-corrected chi connectivity index (χ3v) is 4.91. The molecule has 3 heterocycles. The second-order valence-corrected chi connectivity index (χ2v) is 7.26. The summed E-state index contributed by atoms with van der Waals surface area (Å²) in [6, 6.07) is 21.0. The van der Waals surface area contributed by atoms with Gasteiger partial charge in [-0.15, -0.1) is 0 Å². The van der Waals surface area contributed by atoms with E-state index in [0.29, 0.717) is 0 Å². The number of fused-ring (bicyclic) bond motifs is 2. The molecule has 0 aliphatic rings. The smallest absolute Gasteiger partial charge is 0.137 e. The van der Waals surface area contributed by atoms with Crippen LogP contribution in [0, 0.1) is 0 Å². The number of benzene rings is 2. The van der Waals surface area contributed by atoms with Crippen molar-refractivity contribution in [2.24, 2.45) is 0 Å². The van der Waals surface area contributed by atoms with Crippen LogP contribution in [0.1, 0.15) is 13.8 Å². The Balaban J connectivity index is 1.56. The zero-order valence-electron chi connectivity index (χ0n) is 15.9. The van der Waals surface area contributed by atoms with Gasteiger partial charge in [-0.05, 0) is 85.0 Å². The predicted octanol–water partition coefficient (Wildman–Crippen LogP) is 5.94. The Morgan fingerprint density at radius 1 is 0.893 bits per heavy atom. The van der Waals surface area contributed by atoms with Crippen LogP contribution in [0.25, 0.3) is 38.9 Å². The van der Waals surface area contributed by atoms with Crippen molar-refractivity contribution in [3.05, 3.63) is 79.3 Å². The molecule has 3 aromatic heterocycles. The third kappa shape index (κ3) is 2.93. The molecule has 0 bridgehead atoms. The number of imidazole rings is 1. The maximum absolute atomic E-state index is 5.75. The van der Waals surface area contributed by atoms with E-state index in [2.05, 4.69) is 69.1 Å². The third-order valence-electron chi connectivity index (χ3n) is 4.91. The molecule has 4 heteroatoms. The van der Waals surface area contributed by atoms with Crippen molar-refractivity contribution in [3.63, 3.8) is 0 Å². The van der Waals surface area contributed by atoms with E-state index in [1.165, 1.54) is 10.9 Å². The standard InChI is InChI=1S/C24H21N3O/c1-16(2)28-21-7-3-17(4-8-21)23-14-26-24-10-6-20(15-27(23)24)18-5-9-22-19(13-18)11-12-25-22/h3-16,25H,1-2H3. The van der Waals surface area contributed by atoms with E-state index < -0.39 is 0 Å². The highest BCUT2D eigenvalue weighted by Gasteiger charge is 2.09. The summed E-state index contributed by atoms with van der Waals surface area (Å²) in [4.78, 5) is 7.81.